The Bertz CT molecular complexity index is 974. The van der Waals surface area contributed by atoms with Gasteiger partial charge in [0.15, 0.2) is 10.9 Å². The molecule has 1 unspecified atom stereocenters. The largest absolute Gasteiger partial charge is 0.505 e. The lowest BCUT2D eigenvalue weighted by atomic mass is 10.2. The van der Waals surface area contributed by atoms with E-state index in [4.69, 9.17) is 23.2 Å². The van der Waals surface area contributed by atoms with Gasteiger partial charge in [-0.1, -0.05) is 47.1 Å². The zero-order valence-electron chi connectivity index (χ0n) is 15.8. The number of phenolic OH excluding ortho intramolecular Hbond substituents is 1. The second-order valence-corrected chi connectivity index (χ2v) is 8.45. The smallest absolute Gasteiger partial charge is 0.242 e. The third-order valence-electron chi connectivity index (χ3n) is 4.24. The molecule has 152 valence electrons. The first-order valence-electron chi connectivity index (χ1n) is 8.89. The van der Waals surface area contributed by atoms with Crippen molar-refractivity contribution in [2.24, 2.45) is 4.99 Å². The molecule has 1 fully saturated rings. The number of aliphatic imine (C=N–C) groups is 1. The summed E-state index contributed by atoms with van der Waals surface area (Å²) in [5, 5.41) is 12.5. The van der Waals surface area contributed by atoms with Crippen molar-refractivity contribution in [3.63, 3.8) is 0 Å². The van der Waals surface area contributed by atoms with Crippen LogP contribution in [0, 0.1) is 6.92 Å². The molecule has 6 nitrogen and oxygen atoms in total. The minimum Gasteiger partial charge on any atom is -0.505 e. The Kier molecular flexibility index (Phi) is 6.72. The van der Waals surface area contributed by atoms with E-state index >= 15 is 0 Å². The summed E-state index contributed by atoms with van der Waals surface area (Å²) in [6, 6.07) is 10.4. The number of aromatic hydroxyl groups is 1. The number of anilines is 1. The molecule has 1 atom stereocenters. The maximum absolute atomic E-state index is 12.7. The van der Waals surface area contributed by atoms with E-state index in [-0.39, 0.29) is 34.0 Å². The highest BCUT2D eigenvalue weighted by molar-refractivity contribution is 8.15. The third-order valence-corrected chi connectivity index (χ3v) is 5.99. The highest BCUT2D eigenvalue weighted by Gasteiger charge is 2.38. The van der Waals surface area contributed by atoms with Crippen molar-refractivity contribution in [1.82, 2.24) is 4.90 Å². The summed E-state index contributed by atoms with van der Waals surface area (Å²) in [7, 11) is 0. The summed E-state index contributed by atoms with van der Waals surface area (Å²) in [6.45, 7) is 4.19. The molecule has 1 saturated heterocycles. The first-order chi connectivity index (χ1) is 13.8. The van der Waals surface area contributed by atoms with Gasteiger partial charge in [0.05, 0.1) is 15.7 Å². The molecule has 0 aliphatic carbocycles. The number of amides is 2. The number of carbonyl (C=O) groups excluding carboxylic acids is 2. The molecule has 1 heterocycles. The van der Waals surface area contributed by atoms with Gasteiger partial charge in [-0.05, 0) is 43.7 Å². The zero-order chi connectivity index (χ0) is 21.1. The molecule has 0 radical (unpaired) electrons. The number of carbonyl (C=O) groups is 2. The van der Waals surface area contributed by atoms with Gasteiger partial charge in [0, 0.05) is 18.7 Å². The molecule has 9 heteroatoms. The monoisotopic (exact) mass is 451 g/mol. The van der Waals surface area contributed by atoms with Crippen molar-refractivity contribution in [1.29, 1.82) is 0 Å². The van der Waals surface area contributed by atoms with Crippen LogP contribution < -0.4 is 5.32 Å². The Morgan fingerprint density at radius 2 is 1.97 bits per heavy atom. The van der Waals surface area contributed by atoms with E-state index in [1.54, 1.807) is 6.07 Å². The Morgan fingerprint density at radius 1 is 1.28 bits per heavy atom. The van der Waals surface area contributed by atoms with Gasteiger partial charge < -0.3 is 10.4 Å². The van der Waals surface area contributed by atoms with Crippen LogP contribution in [0.5, 0.6) is 5.75 Å². The average molecular weight is 452 g/mol. The fraction of sp³-hybridized carbons (Fsp3) is 0.250. The van der Waals surface area contributed by atoms with Crippen LogP contribution in [-0.2, 0) is 9.59 Å². The Hall–Kier alpha value is -2.22. The number of nitrogens with zero attached hydrogens (tertiary/aromatic N) is 2. The normalized spacial score (nSPS) is 17.8. The lowest BCUT2D eigenvalue weighted by Crippen LogP contribution is -2.33. The summed E-state index contributed by atoms with van der Waals surface area (Å²) >= 11 is 13.1. The Labute approximate surface area is 182 Å². The standard InChI is InChI=1S/C20H19Cl2N3O3S/c1-3-25-19(28)16(10-17(26)23-12-6-4-5-11(2)7-12)29-20(25)24-13-8-14(21)18(27)15(22)9-13/h4-9,16,27H,3,10H2,1-2H3,(H,23,26). The van der Waals surface area contributed by atoms with Crippen molar-refractivity contribution in [2.75, 3.05) is 11.9 Å². The number of phenols is 1. The molecule has 29 heavy (non-hydrogen) atoms. The van der Waals surface area contributed by atoms with Crippen molar-refractivity contribution in [3.05, 3.63) is 52.0 Å². The van der Waals surface area contributed by atoms with Gasteiger partial charge in [-0.3, -0.25) is 14.5 Å². The summed E-state index contributed by atoms with van der Waals surface area (Å²) in [6.07, 6.45) is 0.0318. The van der Waals surface area contributed by atoms with E-state index in [0.29, 0.717) is 23.1 Å². The van der Waals surface area contributed by atoms with E-state index in [1.807, 2.05) is 32.0 Å². The molecule has 0 aromatic heterocycles. The summed E-state index contributed by atoms with van der Waals surface area (Å²) in [5.74, 6) is -0.633. The van der Waals surface area contributed by atoms with E-state index in [2.05, 4.69) is 10.3 Å². The quantitative estimate of drug-likeness (QED) is 0.670. The minimum atomic E-state index is -0.568. The van der Waals surface area contributed by atoms with Gasteiger partial charge >= 0.3 is 0 Å². The average Bonchev–Trinajstić information content (AvgIpc) is 2.93. The van der Waals surface area contributed by atoms with Gasteiger partial charge in [-0.15, -0.1) is 0 Å². The first kappa shape index (κ1) is 21.5. The van der Waals surface area contributed by atoms with Crippen LogP contribution in [0.3, 0.4) is 0 Å². The molecule has 1 aliphatic rings. The highest BCUT2D eigenvalue weighted by atomic mass is 35.5. The van der Waals surface area contributed by atoms with Gasteiger partial charge in [-0.2, -0.15) is 0 Å². The molecule has 0 spiro atoms. The molecule has 2 N–H and O–H groups in total. The number of rotatable bonds is 5. The number of hydrogen-bond donors (Lipinski definition) is 2. The number of thioether (sulfide) groups is 1. The number of aryl methyl sites for hydroxylation is 1. The summed E-state index contributed by atoms with van der Waals surface area (Å²) in [4.78, 5) is 31.1. The van der Waals surface area contributed by atoms with Crippen molar-refractivity contribution in [3.8, 4) is 5.75 Å². The summed E-state index contributed by atoms with van der Waals surface area (Å²) in [5.41, 5.74) is 2.14. The van der Waals surface area contributed by atoms with Gasteiger partial charge in [0.25, 0.3) is 0 Å². The molecule has 3 rings (SSSR count). The highest BCUT2D eigenvalue weighted by Crippen LogP contribution is 2.37. The fourth-order valence-electron chi connectivity index (χ4n) is 2.85. The summed E-state index contributed by atoms with van der Waals surface area (Å²) < 4.78 is 0. The number of nitrogens with one attached hydrogen (secondary N) is 1. The molecule has 0 saturated carbocycles. The van der Waals surface area contributed by atoms with Crippen LogP contribution in [0.2, 0.25) is 10.0 Å². The molecule has 1 aliphatic heterocycles. The zero-order valence-corrected chi connectivity index (χ0v) is 18.1. The maximum atomic E-state index is 12.7. The van der Waals surface area contributed by atoms with Crippen molar-refractivity contribution in [2.45, 2.75) is 25.5 Å². The second kappa shape index (κ2) is 9.07. The van der Waals surface area contributed by atoms with Crippen molar-refractivity contribution < 1.29 is 14.7 Å². The van der Waals surface area contributed by atoms with Crippen LogP contribution >= 0.6 is 35.0 Å². The molecule has 2 aromatic carbocycles. The lowest BCUT2D eigenvalue weighted by molar-refractivity contribution is -0.128. The topological polar surface area (TPSA) is 82.0 Å². The minimum absolute atomic E-state index is 0.0318. The van der Waals surface area contributed by atoms with Gasteiger partial charge in [-0.25, -0.2) is 4.99 Å². The van der Waals surface area contributed by atoms with E-state index in [1.165, 1.54) is 28.8 Å². The van der Waals surface area contributed by atoms with Gasteiger partial charge in [0.2, 0.25) is 11.8 Å². The van der Waals surface area contributed by atoms with Crippen LogP contribution in [0.25, 0.3) is 0 Å². The van der Waals surface area contributed by atoms with Crippen LogP contribution in [0.4, 0.5) is 11.4 Å². The predicted molar refractivity (Wildman–Crippen MR) is 118 cm³/mol. The van der Waals surface area contributed by atoms with Crippen LogP contribution in [-0.4, -0.2) is 38.8 Å². The van der Waals surface area contributed by atoms with Crippen LogP contribution in [0.1, 0.15) is 18.9 Å². The maximum Gasteiger partial charge on any atom is 0.242 e. The van der Waals surface area contributed by atoms with Crippen LogP contribution in [0.15, 0.2) is 41.4 Å². The molecule has 2 aromatic rings. The SMILES string of the molecule is CCN1C(=O)C(CC(=O)Nc2cccc(C)c2)SC1=Nc1cc(Cl)c(O)c(Cl)c1. The van der Waals surface area contributed by atoms with Gasteiger partial charge in [0.1, 0.15) is 5.25 Å². The molecular formula is C20H19Cl2N3O3S. The molecule has 2 amide bonds. The Balaban J connectivity index is 1.75. The second-order valence-electron chi connectivity index (χ2n) is 6.46. The number of benzene rings is 2. The molecule has 0 bridgehead atoms. The number of hydrogen-bond acceptors (Lipinski definition) is 5. The number of halogens is 2. The fourth-order valence-corrected chi connectivity index (χ4v) is 4.54. The number of amidine groups is 1. The van der Waals surface area contributed by atoms with E-state index in [9.17, 15) is 14.7 Å². The van der Waals surface area contributed by atoms with E-state index < -0.39 is 5.25 Å². The third kappa shape index (κ3) is 5.04. The lowest BCUT2D eigenvalue weighted by Gasteiger charge is -2.13. The first-order valence-corrected chi connectivity index (χ1v) is 10.5. The molecular weight excluding hydrogens is 433 g/mol. The van der Waals surface area contributed by atoms with Crippen molar-refractivity contribution >= 4 is 63.3 Å². The van der Waals surface area contributed by atoms with E-state index in [0.717, 1.165) is 5.56 Å². The Morgan fingerprint density at radius 3 is 2.59 bits per heavy atom. The predicted octanol–water partition coefficient (Wildman–Crippen LogP) is 4.99.